The molecule has 1 atom stereocenters. The minimum atomic E-state index is -0.877. The average molecular weight is 357 g/mol. The molecule has 0 spiro atoms. The minimum absolute atomic E-state index is 0.199. The normalized spacial score (nSPS) is 21.2. The van der Waals surface area contributed by atoms with Gasteiger partial charge in [0, 0.05) is 17.6 Å². The first kappa shape index (κ1) is 15.6. The molecule has 114 valence electrons. The number of rotatable bonds is 3. The standard InChI is InChI=1S/C14H17BrN2O4/c1-14(12(18)19)5-6-17(8-14)13(20)16-10-7-9(15)3-4-11(10)21-2/h3-4,7H,5-6,8H2,1-2H3,(H,16,20)(H,18,19). The zero-order chi connectivity index (χ0) is 15.6. The van der Waals surface area contributed by atoms with Crippen molar-refractivity contribution in [1.82, 2.24) is 4.90 Å². The number of carboxylic acid groups (broad SMARTS) is 1. The number of anilines is 1. The molecule has 1 aliphatic rings. The van der Waals surface area contributed by atoms with Crippen molar-refractivity contribution in [3.63, 3.8) is 0 Å². The van der Waals surface area contributed by atoms with Crippen LogP contribution in [0.5, 0.6) is 5.75 Å². The van der Waals surface area contributed by atoms with Crippen LogP contribution < -0.4 is 10.1 Å². The molecule has 0 saturated carbocycles. The van der Waals surface area contributed by atoms with Crippen LogP contribution in [0.25, 0.3) is 0 Å². The largest absolute Gasteiger partial charge is 0.495 e. The molecule has 6 nitrogen and oxygen atoms in total. The van der Waals surface area contributed by atoms with Crippen LogP contribution in [0.2, 0.25) is 0 Å². The Morgan fingerprint density at radius 1 is 1.48 bits per heavy atom. The summed E-state index contributed by atoms with van der Waals surface area (Å²) in [5, 5.41) is 12.0. The van der Waals surface area contributed by atoms with Crippen LogP contribution in [-0.4, -0.2) is 42.2 Å². The maximum absolute atomic E-state index is 12.3. The van der Waals surface area contributed by atoms with E-state index in [1.807, 2.05) is 6.07 Å². The lowest BCUT2D eigenvalue weighted by Crippen LogP contribution is -2.37. The first-order valence-electron chi connectivity index (χ1n) is 6.48. The lowest BCUT2D eigenvalue weighted by Gasteiger charge is -2.21. The number of methoxy groups -OCH3 is 1. The van der Waals surface area contributed by atoms with E-state index in [4.69, 9.17) is 4.74 Å². The van der Waals surface area contributed by atoms with E-state index in [0.717, 1.165) is 4.47 Å². The molecule has 1 aliphatic heterocycles. The number of carboxylic acids is 1. The number of benzene rings is 1. The Bertz CT molecular complexity index is 578. The van der Waals surface area contributed by atoms with Gasteiger partial charge in [0.25, 0.3) is 0 Å². The SMILES string of the molecule is COc1ccc(Br)cc1NC(=O)N1CCC(C)(C(=O)O)C1. The number of carbonyl (C=O) groups is 2. The van der Waals surface area contributed by atoms with Crippen molar-refractivity contribution in [3.05, 3.63) is 22.7 Å². The van der Waals surface area contributed by atoms with E-state index in [0.29, 0.717) is 24.4 Å². The van der Waals surface area contributed by atoms with Gasteiger partial charge >= 0.3 is 12.0 Å². The number of likely N-dealkylation sites (tertiary alicyclic amines) is 1. The van der Waals surface area contributed by atoms with Crippen molar-refractivity contribution in [2.75, 3.05) is 25.5 Å². The molecular formula is C14H17BrN2O4. The van der Waals surface area contributed by atoms with Crippen molar-refractivity contribution < 1.29 is 19.4 Å². The zero-order valence-electron chi connectivity index (χ0n) is 11.9. The number of nitrogens with zero attached hydrogens (tertiary/aromatic N) is 1. The Labute approximate surface area is 131 Å². The fraction of sp³-hybridized carbons (Fsp3) is 0.429. The summed E-state index contributed by atoms with van der Waals surface area (Å²) in [6.07, 6.45) is 0.450. The van der Waals surface area contributed by atoms with E-state index in [-0.39, 0.29) is 12.6 Å². The summed E-state index contributed by atoms with van der Waals surface area (Å²) in [5.74, 6) is -0.329. The molecule has 2 N–H and O–H groups in total. The molecular weight excluding hydrogens is 340 g/mol. The second-order valence-corrected chi connectivity index (χ2v) is 6.23. The fourth-order valence-corrected chi connectivity index (χ4v) is 2.64. The maximum atomic E-state index is 12.3. The molecule has 1 fully saturated rings. The average Bonchev–Trinajstić information content (AvgIpc) is 2.83. The third kappa shape index (κ3) is 3.29. The monoisotopic (exact) mass is 356 g/mol. The van der Waals surface area contributed by atoms with Gasteiger partial charge in [-0.2, -0.15) is 0 Å². The maximum Gasteiger partial charge on any atom is 0.321 e. The predicted molar refractivity (Wildman–Crippen MR) is 81.6 cm³/mol. The van der Waals surface area contributed by atoms with Gasteiger partial charge in [-0.3, -0.25) is 4.79 Å². The first-order chi connectivity index (χ1) is 9.85. The van der Waals surface area contributed by atoms with Gasteiger partial charge in [0.1, 0.15) is 5.75 Å². The summed E-state index contributed by atoms with van der Waals surface area (Å²) in [5.41, 5.74) is -0.334. The number of carbonyl (C=O) groups excluding carboxylic acids is 1. The Hall–Kier alpha value is -1.76. The van der Waals surface area contributed by atoms with Crippen LogP contribution in [0.4, 0.5) is 10.5 Å². The van der Waals surface area contributed by atoms with Gasteiger partial charge in [-0.05, 0) is 31.5 Å². The summed E-state index contributed by atoms with van der Waals surface area (Å²) in [7, 11) is 1.52. The Kier molecular flexibility index (Phi) is 4.41. The van der Waals surface area contributed by atoms with Gasteiger partial charge in [-0.25, -0.2) is 4.79 Å². The molecule has 0 aromatic heterocycles. The number of hydrogen-bond donors (Lipinski definition) is 2. The fourth-order valence-electron chi connectivity index (χ4n) is 2.28. The van der Waals surface area contributed by atoms with E-state index in [1.54, 1.807) is 19.1 Å². The predicted octanol–water partition coefficient (Wildman–Crippen LogP) is 2.79. The van der Waals surface area contributed by atoms with Crippen LogP contribution in [0.1, 0.15) is 13.3 Å². The highest BCUT2D eigenvalue weighted by atomic mass is 79.9. The second-order valence-electron chi connectivity index (χ2n) is 5.31. The van der Waals surface area contributed by atoms with Gasteiger partial charge in [-0.1, -0.05) is 15.9 Å². The van der Waals surface area contributed by atoms with E-state index in [1.165, 1.54) is 12.0 Å². The van der Waals surface area contributed by atoms with E-state index >= 15 is 0 Å². The molecule has 0 aliphatic carbocycles. The molecule has 21 heavy (non-hydrogen) atoms. The van der Waals surface area contributed by atoms with Crippen LogP contribution in [0.15, 0.2) is 22.7 Å². The Morgan fingerprint density at radius 3 is 2.76 bits per heavy atom. The van der Waals surface area contributed by atoms with E-state index in [2.05, 4.69) is 21.2 Å². The molecule has 1 aromatic rings. The lowest BCUT2D eigenvalue weighted by atomic mass is 9.90. The van der Waals surface area contributed by atoms with Crippen LogP contribution in [-0.2, 0) is 4.79 Å². The highest BCUT2D eigenvalue weighted by Crippen LogP contribution is 2.32. The topological polar surface area (TPSA) is 78.9 Å². The molecule has 1 heterocycles. The number of ether oxygens (including phenoxy) is 1. The first-order valence-corrected chi connectivity index (χ1v) is 7.28. The number of hydrogen-bond acceptors (Lipinski definition) is 3. The molecule has 1 unspecified atom stereocenters. The molecule has 2 amide bonds. The van der Waals surface area contributed by atoms with Gasteiger partial charge < -0.3 is 20.1 Å². The number of urea groups is 1. The van der Waals surface area contributed by atoms with Crippen molar-refractivity contribution in [1.29, 1.82) is 0 Å². The quantitative estimate of drug-likeness (QED) is 0.872. The van der Waals surface area contributed by atoms with E-state index in [9.17, 15) is 14.7 Å². The third-order valence-corrected chi connectivity index (χ3v) is 4.17. The van der Waals surface area contributed by atoms with Crippen molar-refractivity contribution in [3.8, 4) is 5.75 Å². The molecule has 7 heteroatoms. The van der Waals surface area contributed by atoms with Crippen LogP contribution in [0.3, 0.4) is 0 Å². The summed E-state index contributed by atoms with van der Waals surface area (Å²) >= 11 is 3.34. The smallest absolute Gasteiger partial charge is 0.321 e. The molecule has 1 aromatic carbocycles. The van der Waals surface area contributed by atoms with Crippen LogP contribution in [0, 0.1) is 5.41 Å². The van der Waals surface area contributed by atoms with Gasteiger partial charge in [0.15, 0.2) is 0 Å². The van der Waals surface area contributed by atoms with E-state index < -0.39 is 11.4 Å². The highest BCUT2D eigenvalue weighted by molar-refractivity contribution is 9.10. The number of nitrogens with one attached hydrogen (secondary N) is 1. The Morgan fingerprint density at radius 2 is 2.19 bits per heavy atom. The third-order valence-electron chi connectivity index (χ3n) is 3.68. The molecule has 1 saturated heterocycles. The van der Waals surface area contributed by atoms with Gasteiger partial charge in [0.2, 0.25) is 0 Å². The number of amides is 2. The minimum Gasteiger partial charge on any atom is -0.495 e. The number of aliphatic carboxylic acids is 1. The summed E-state index contributed by atoms with van der Waals surface area (Å²) in [4.78, 5) is 25.0. The zero-order valence-corrected chi connectivity index (χ0v) is 13.4. The summed E-state index contributed by atoms with van der Waals surface area (Å²) in [6, 6.07) is 4.97. The lowest BCUT2D eigenvalue weighted by molar-refractivity contribution is -0.146. The molecule has 2 rings (SSSR count). The summed E-state index contributed by atoms with van der Waals surface area (Å²) in [6.45, 7) is 2.28. The molecule has 0 bridgehead atoms. The van der Waals surface area contributed by atoms with Crippen LogP contribution >= 0.6 is 15.9 Å². The van der Waals surface area contributed by atoms with Crippen molar-refractivity contribution in [2.24, 2.45) is 5.41 Å². The molecule has 0 radical (unpaired) electrons. The Balaban J connectivity index is 2.10. The van der Waals surface area contributed by atoms with Crippen molar-refractivity contribution >= 4 is 33.6 Å². The summed E-state index contributed by atoms with van der Waals surface area (Å²) < 4.78 is 6.01. The number of halogens is 1. The highest BCUT2D eigenvalue weighted by Gasteiger charge is 2.42. The van der Waals surface area contributed by atoms with Gasteiger partial charge in [-0.15, -0.1) is 0 Å². The van der Waals surface area contributed by atoms with Crippen molar-refractivity contribution in [2.45, 2.75) is 13.3 Å². The van der Waals surface area contributed by atoms with Gasteiger partial charge in [0.05, 0.1) is 18.2 Å². The second kappa shape index (κ2) is 5.93.